The Morgan fingerprint density at radius 2 is 2.14 bits per heavy atom. The van der Waals surface area contributed by atoms with Crippen molar-refractivity contribution in [2.45, 2.75) is 19.8 Å². The molecule has 5 heteroatoms. The van der Waals surface area contributed by atoms with Crippen molar-refractivity contribution in [1.29, 1.82) is 0 Å². The Hall–Kier alpha value is -1.59. The molecule has 0 radical (unpaired) electrons. The predicted molar refractivity (Wildman–Crippen MR) is 82.8 cm³/mol. The Morgan fingerprint density at radius 1 is 1.38 bits per heavy atom. The van der Waals surface area contributed by atoms with E-state index in [1.54, 1.807) is 18.2 Å². The van der Waals surface area contributed by atoms with Crippen LogP contribution in [0, 0.1) is 0 Å². The van der Waals surface area contributed by atoms with Crippen molar-refractivity contribution in [3.63, 3.8) is 0 Å². The second-order valence-electron chi connectivity index (χ2n) is 5.23. The summed E-state index contributed by atoms with van der Waals surface area (Å²) in [5.41, 5.74) is 7.15. The SMILES string of the molecule is CCCC(=O)c1ccc(OCCN2CCOCC2)c(N)c1. The minimum absolute atomic E-state index is 0.129. The van der Waals surface area contributed by atoms with Crippen LogP contribution in [0.15, 0.2) is 18.2 Å². The molecule has 1 aromatic carbocycles. The molecular formula is C16H24N2O3. The Balaban J connectivity index is 1.84. The summed E-state index contributed by atoms with van der Waals surface area (Å²) in [6, 6.07) is 5.29. The summed E-state index contributed by atoms with van der Waals surface area (Å²) < 4.78 is 11.0. The van der Waals surface area contributed by atoms with Crippen LogP contribution in [0.4, 0.5) is 5.69 Å². The summed E-state index contributed by atoms with van der Waals surface area (Å²) in [6.07, 6.45) is 1.40. The number of Topliss-reactive ketones (excluding diaryl/α,β-unsaturated/α-hetero) is 1. The van der Waals surface area contributed by atoms with Gasteiger partial charge in [-0.3, -0.25) is 9.69 Å². The molecule has 0 aromatic heterocycles. The third kappa shape index (κ3) is 4.72. The lowest BCUT2D eigenvalue weighted by Gasteiger charge is -2.26. The highest BCUT2D eigenvalue weighted by Crippen LogP contribution is 2.23. The van der Waals surface area contributed by atoms with Crippen LogP contribution in [0.3, 0.4) is 0 Å². The van der Waals surface area contributed by atoms with Gasteiger partial charge in [-0.25, -0.2) is 0 Å². The molecule has 2 N–H and O–H groups in total. The van der Waals surface area contributed by atoms with Gasteiger partial charge in [0.15, 0.2) is 5.78 Å². The average Bonchev–Trinajstić information content (AvgIpc) is 2.50. The van der Waals surface area contributed by atoms with E-state index in [0.29, 0.717) is 30.0 Å². The van der Waals surface area contributed by atoms with Gasteiger partial charge in [0.05, 0.1) is 18.9 Å². The van der Waals surface area contributed by atoms with Crippen LogP contribution < -0.4 is 10.5 Å². The average molecular weight is 292 g/mol. The number of anilines is 1. The molecule has 0 aliphatic carbocycles. The third-order valence-electron chi connectivity index (χ3n) is 3.58. The molecule has 1 aliphatic rings. The van der Waals surface area contributed by atoms with Crippen LogP contribution in [0.25, 0.3) is 0 Å². The van der Waals surface area contributed by atoms with Gasteiger partial charge in [-0.15, -0.1) is 0 Å². The van der Waals surface area contributed by atoms with Crippen molar-refractivity contribution < 1.29 is 14.3 Å². The van der Waals surface area contributed by atoms with Gasteiger partial charge in [-0.05, 0) is 24.6 Å². The molecule has 1 aliphatic heterocycles. The minimum atomic E-state index is 0.129. The van der Waals surface area contributed by atoms with Crippen LogP contribution in [0.1, 0.15) is 30.1 Å². The molecule has 0 unspecified atom stereocenters. The lowest BCUT2D eigenvalue weighted by molar-refractivity contribution is 0.0323. The van der Waals surface area contributed by atoms with Crippen molar-refractivity contribution in [2.24, 2.45) is 0 Å². The fourth-order valence-electron chi connectivity index (χ4n) is 2.33. The van der Waals surface area contributed by atoms with E-state index in [1.807, 2.05) is 6.92 Å². The van der Waals surface area contributed by atoms with Crippen LogP contribution in [-0.4, -0.2) is 50.1 Å². The Bertz CT molecular complexity index is 471. The highest BCUT2D eigenvalue weighted by Gasteiger charge is 2.11. The van der Waals surface area contributed by atoms with E-state index in [1.165, 1.54) is 0 Å². The van der Waals surface area contributed by atoms with Gasteiger partial charge in [0.1, 0.15) is 12.4 Å². The van der Waals surface area contributed by atoms with Crippen molar-refractivity contribution in [3.05, 3.63) is 23.8 Å². The standard InChI is InChI=1S/C16H24N2O3/c1-2-3-15(19)13-4-5-16(14(17)12-13)21-11-8-18-6-9-20-10-7-18/h4-5,12H,2-3,6-11,17H2,1H3. The molecule has 0 spiro atoms. The number of benzene rings is 1. The van der Waals surface area contributed by atoms with Gasteiger partial charge in [0, 0.05) is 31.6 Å². The summed E-state index contributed by atoms with van der Waals surface area (Å²) in [5, 5.41) is 0. The molecule has 0 saturated carbocycles. The number of nitrogens with two attached hydrogens (primary N) is 1. The predicted octanol–water partition coefficient (Wildman–Crippen LogP) is 1.96. The zero-order valence-corrected chi connectivity index (χ0v) is 12.6. The number of carbonyl (C=O) groups excluding carboxylic acids is 1. The number of nitrogen functional groups attached to an aromatic ring is 1. The second-order valence-corrected chi connectivity index (χ2v) is 5.23. The van der Waals surface area contributed by atoms with Crippen molar-refractivity contribution in [2.75, 3.05) is 45.2 Å². The summed E-state index contributed by atoms with van der Waals surface area (Å²) in [4.78, 5) is 14.1. The van der Waals surface area contributed by atoms with E-state index in [0.717, 1.165) is 39.3 Å². The van der Waals surface area contributed by atoms with E-state index in [4.69, 9.17) is 15.2 Å². The minimum Gasteiger partial charge on any atom is -0.490 e. The summed E-state index contributed by atoms with van der Waals surface area (Å²) in [7, 11) is 0. The smallest absolute Gasteiger partial charge is 0.162 e. The fourth-order valence-corrected chi connectivity index (χ4v) is 2.33. The number of ketones is 1. The van der Waals surface area contributed by atoms with Gasteiger partial charge < -0.3 is 15.2 Å². The highest BCUT2D eigenvalue weighted by molar-refractivity contribution is 5.97. The molecule has 5 nitrogen and oxygen atoms in total. The van der Waals surface area contributed by atoms with E-state index in [-0.39, 0.29) is 5.78 Å². The van der Waals surface area contributed by atoms with Crippen LogP contribution in [0.2, 0.25) is 0 Å². The maximum absolute atomic E-state index is 11.8. The molecule has 0 atom stereocenters. The first-order valence-electron chi connectivity index (χ1n) is 7.56. The quantitative estimate of drug-likeness (QED) is 0.615. The number of hydrogen-bond acceptors (Lipinski definition) is 5. The molecule has 1 aromatic rings. The lowest BCUT2D eigenvalue weighted by atomic mass is 10.1. The zero-order chi connectivity index (χ0) is 15.1. The lowest BCUT2D eigenvalue weighted by Crippen LogP contribution is -2.38. The summed E-state index contributed by atoms with van der Waals surface area (Å²) in [6.45, 7) is 6.91. The van der Waals surface area contributed by atoms with Crippen LogP contribution in [0.5, 0.6) is 5.75 Å². The number of ether oxygens (including phenoxy) is 2. The highest BCUT2D eigenvalue weighted by atomic mass is 16.5. The number of nitrogens with zero attached hydrogens (tertiary/aromatic N) is 1. The molecule has 116 valence electrons. The van der Waals surface area contributed by atoms with Crippen molar-refractivity contribution in [3.8, 4) is 5.75 Å². The van der Waals surface area contributed by atoms with Crippen molar-refractivity contribution >= 4 is 11.5 Å². The largest absolute Gasteiger partial charge is 0.490 e. The molecule has 1 heterocycles. The molecule has 21 heavy (non-hydrogen) atoms. The number of rotatable bonds is 7. The molecular weight excluding hydrogens is 268 g/mol. The van der Waals surface area contributed by atoms with Gasteiger partial charge >= 0.3 is 0 Å². The summed E-state index contributed by atoms with van der Waals surface area (Å²) >= 11 is 0. The van der Waals surface area contributed by atoms with E-state index in [9.17, 15) is 4.79 Å². The summed E-state index contributed by atoms with van der Waals surface area (Å²) in [5.74, 6) is 0.778. The Labute approximate surface area is 126 Å². The van der Waals surface area contributed by atoms with Gasteiger partial charge in [0.25, 0.3) is 0 Å². The number of hydrogen-bond donors (Lipinski definition) is 1. The van der Waals surface area contributed by atoms with Crippen LogP contribution in [-0.2, 0) is 4.74 Å². The second kappa shape index (κ2) is 8.00. The molecule has 2 rings (SSSR count). The Kier molecular flexibility index (Phi) is 6.02. The third-order valence-corrected chi connectivity index (χ3v) is 3.58. The number of morpholine rings is 1. The topological polar surface area (TPSA) is 64.8 Å². The first kappa shape index (κ1) is 15.8. The van der Waals surface area contributed by atoms with Gasteiger partial charge in [0.2, 0.25) is 0 Å². The van der Waals surface area contributed by atoms with E-state index < -0.39 is 0 Å². The normalized spacial score (nSPS) is 15.9. The van der Waals surface area contributed by atoms with Gasteiger partial charge in [-0.1, -0.05) is 6.92 Å². The first-order valence-corrected chi connectivity index (χ1v) is 7.56. The molecule has 1 fully saturated rings. The zero-order valence-electron chi connectivity index (χ0n) is 12.6. The maximum Gasteiger partial charge on any atom is 0.162 e. The Morgan fingerprint density at radius 3 is 2.81 bits per heavy atom. The monoisotopic (exact) mass is 292 g/mol. The van der Waals surface area contributed by atoms with E-state index in [2.05, 4.69) is 4.90 Å². The maximum atomic E-state index is 11.8. The van der Waals surface area contributed by atoms with Crippen molar-refractivity contribution in [1.82, 2.24) is 4.90 Å². The first-order chi connectivity index (χ1) is 10.2. The number of carbonyl (C=O) groups is 1. The van der Waals surface area contributed by atoms with Gasteiger partial charge in [-0.2, -0.15) is 0 Å². The fraction of sp³-hybridized carbons (Fsp3) is 0.562. The van der Waals surface area contributed by atoms with Crippen LogP contribution >= 0.6 is 0 Å². The molecule has 0 bridgehead atoms. The molecule has 0 amide bonds. The molecule has 1 saturated heterocycles. The van der Waals surface area contributed by atoms with E-state index >= 15 is 0 Å².